The van der Waals surface area contributed by atoms with Gasteiger partial charge in [-0.3, -0.25) is 4.79 Å². The number of carbonyl (C=O) groups excluding carboxylic acids is 1. The summed E-state index contributed by atoms with van der Waals surface area (Å²) in [5.41, 5.74) is 1.52. The van der Waals surface area contributed by atoms with E-state index in [0.29, 0.717) is 29.8 Å². The molecule has 0 bridgehead atoms. The van der Waals surface area contributed by atoms with Crippen molar-refractivity contribution >= 4 is 16.8 Å². The van der Waals surface area contributed by atoms with Crippen LogP contribution in [0.4, 0.5) is 17.6 Å². The van der Waals surface area contributed by atoms with E-state index >= 15 is 0 Å². The monoisotopic (exact) mass is 501 g/mol. The third-order valence-electron chi connectivity index (χ3n) is 5.50. The van der Waals surface area contributed by atoms with E-state index in [2.05, 4.69) is 10.4 Å². The quantitative estimate of drug-likeness (QED) is 0.320. The lowest BCUT2D eigenvalue weighted by Gasteiger charge is -2.27. The molecule has 1 amide bonds. The summed E-state index contributed by atoms with van der Waals surface area (Å²) >= 11 is 0. The molecule has 0 unspecified atom stereocenters. The molecule has 0 aliphatic rings. The predicted octanol–water partition coefficient (Wildman–Crippen LogP) is 5.59. The summed E-state index contributed by atoms with van der Waals surface area (Å²) in [6, 6.07) is 15.9. The SMILES string of the molecule is COc1nn(-c2ccccc2)c2ccc(O[C@H](c3cc(F)cc(F)c3)[C@H](C)NC(=O)C(C)(F)F)cc12. The van der Waals surface area contributed by atoms with Gasteiger partial charge in [-0.1, -0.05) is 18.2 Å². The van der Waals surface area contributed by atoms with Crippen LogP contribution in [0.1, 0.15) is 25.5 Å². The molecule has 0 saturated carbocycles. The Labute approximate surface area is 204 Å². The van der Waals surface area contributed by atoms with Gasteiger partial charge < -0.3 is 14.8 Å². The van der Waals surface area contributed by atoms with E-state index in [1.54, 1.807) is 22.9 Å². The molecule has 0 aliphatic carbocycles. The van der Waals surface area contributed by atoms with Crippen LogP contribution in [0.25, 0.3) is 16.6 Å². The number of halogens is 4. The molecule has 1 heterocycles. The Hall–Kier alpha value is -4.08. The highest BCUT2D eigenvalue weighted by Gasteiger charge is 2.35. The summed E-state index contributed by atoms with van der Waals surface area (Å²) < 4.78 is 68.1. The van der Waals surface area contributed by atoms with E-state index < -0.39 is 35.6 Å². The Bertz CT molecular complexity index is 1370. The van der Waals surface area contributed by atoms with Crippen LogP contribution in [0.2, 0.25) is 0 Å². The van der Waals surface area contributed by atoms with Crippen molar-refractivity contribution in [2.45, 2.75) is 31.9 Å². The van der Waals surface area contributed by atoms with Gasteiger partial charge in [0, 0.05) is 18.6 Å². The molecule has 188 valence electrons. The number of amides is 1. The fourth-order valence-electron chi connectivity index (χ4n) is 3.81. The Morgan fingerprint density at radius 3 is 2.31 bits per heavy atom. The molecule has 0 spiro atoms. The number of methoxy groups -OCH3 is 1. The van der Waals surface area contributed by atoms with Crippen LogP contribution in [0, 0.1) is 11.6 Å². The topological polar surface area (TPSA) is 65.4 Å². The van der Waals surface area contributed by atoms with E-state index in [1.807, 2.05) is 30.3 Å². The molecular formula is C26H23F4N3O3. The highest BCUT2D eigenvalue weighted by molar-refractivity contribution is 5.87. The highest BCUT2D eigenvalue weighted by Crippen LogP contribution is 2.33. The van der Waals surface area contributed by atoms with Crippen molar-refractivity contribution in [1.82, 2.24) is 15.1 Å². The van der Waals surface area contributed by atoms with E-state index in [0.717, 1.165) is 17.8 Å². The molecule has 1 N–H and O–H groups in total. The first-order chi connectivity index (χ1) is 17.1. The normalized spacial score (nSPS) is 13.3. The summed E-state index contributed by atoms with van der Waals surface area (Å²) in [5, 5.41) is 7.23. The molecule has 4 rings (SSSR count). The molecule has 3 aromatic carbocycles. The number of alkyl halides is 2. The number of hydrogen-bond acceptors (Lipinski definition) is 4. The average molecular weight is 501 g/mol. The Balaban J connectivity index is 1.73. The Morgan fingerprint density at radius 1 is 1.03 bits per heavy atom. The zero-order chi connectivity index (χ0) is 26.0. The van der Waals surface area contributed by atoms with Gasteiger partial charge in [-0.25, -0.2) is 13.5 Å². The Morgan fingerprint density at radius 2 is 1.69 bits per heavy atom. The van der Waals surface area contributed by atoms with Gasteiger partial charge in [-0.2, -0.15) is 8.78 Å². The largest absolute Gasteiger partial charge is 0.484 e. The minimum atomic E-state index is -3.65. The summed E-state index contributed by atoms with van der Waals surface area (Å²) in [6.07, 6.45) is -1.20. The van der Waals surface area contributed by atoms with Gasteiger partial charge in [0.2, 0.25) is 5.88 Å². The second-order valence-electron chi connectivity index (χ2n) is 8.33. The smallest absolute Gasteiger partial charge is 0.321 e. The standard InChI is InChI=1S/C26H23F4N3O3/c1-15(31-25(34)26(2,29)30)23(16-11-17(27)13-18(28)12-16)36-20-9-10-22-21(14-20)24(35-3)32-33(22)19-7-5-4-6-8-19/h4-15,23H,1-3H3,(H,31,34)/t15-,23-/m0/s1. The highest BCUT2D eigenvalue weighted by atomic mass is 19.3. The van der Waals surface area contributed by atoms with Crippen LogP contribution in [0.3, 0.4) is 0 Å². The van der Waals surface area contributed by atoms with Crippen molar-refractivity contribution in [3.63, 3.8) is 0 Å². The second kappa shape index (κ2) is 9.88. The van der Waals surface area contributed by atoms with E-state index in [9.17, 15) is 22.4 Å². The van der Waals surface area contributed by atoms with Gasteiger partial charge >= 0.3 is 5.92 Å². The fraction of sp³-hybridized carbons (Fsp3) is 0.231. The van der Waals surface area contributed by atoms with Crippen LogP contribution in [0.15, 0.2) is 66.7 Å². The zero-order valence-corrected chi connectivity index (χ0v) is 19.6. The van der Waals surface area contributed by atoms with Crippen LogP contribution in [-0.2, 0) is 4.79 Å². The second-order valence-corrected chi connectivity index (χ2v) is 8.33. The first-order valence-electron chi connectivity index (χ1n) is 11.0. The van der Waals surface area contributed by atoms with Crippen molar-refractivity contribution in [2.75, 3.05) is 7.11 Å². The van der Waals surface area contributed by atoms with Crippen molar-refractivity contribution in [3.8, 4) is 17.3 Å². The first-order valence-corrected chi connectivity index (χ1v) is 11.0. The number of carbonyl (C=O) groups is 1. The number of aromatic nitrogens is 2. The maximum atomic E-state index is 14.0. The maximum Gasteiger partial charge on any atom is 0.321 e. The first kappa shape index (κ1) is 25.0. The lowest BCUT2D eigenvalue weighted by Crippen LogP contribution is -2.46. The fourth-order valence-corrected chi connectivity index (χ4v) is 3.81. The third-order valence-corrected chi connectivity index (χ3v) is 5.50. The number of hydrogen-bond donors (Lipinski definition) is 1. The molecule has 2 atom stereocenters. The molecule has 6 nitrogen and oxygen atoms in total. The number of ether oxygens (including phenoxy) is 2. The maximum absolute atomic E-state index is 14.0. The van der Waals surface area contributed by atoms with Gasteiger partial charge in [0.15, 0.2) is 0 Å². The van der Waals surface area contributed by atoms with Crippen LogP contribution in [-0.4, -0.2) is 34.8 Å². The summed E-state index contributed by atoms with van der Waals surface area (Å²) in [6.45, 7) is 1.86. The lowest BCUT2D eigenvalue weighted by atomic mass is 10.0. The van der Waals surface area contributed by atoms with Crippen molar-refractivity contribution in [3.05, 3.63) is 83.9 Å². The van der Waals surface area contributed by atoms with Crippen molar-refractivity contribution in [2.24, 2.45) is 0 Å². The molecule has 4 aromatic rings. The van der Waals surface area contributed by atoms with E-state index in [1.165, 1.54) is 14.0 Å². The lowest BCUT2D eigenvalue weighted by molar-refractivity contribution is -0.144. The number of fused-ring (bicyclic) bond motifs is 1. The van der Waals surface area contributed by atoms with Crippen LogP contribution >= 0.6 is 0 Å². The van der Waals surface area contributed by atoms with Crippen molar-refractivity contribution < 1.29 is 31.8 Å². The number of nitrogens with zero attached hydrogens (tertiary/aromatic N) is 2. The Kier molecular flexibility index (Phi) is 6.87. The molecule has 0 aliphatic heterocycles. The molecule has 1 aromatic heterocycles. The van der Waals surface area contributed by atoms with Crippen molar-refractivity contribution in [1.29, 1.82) is 0 Å². The minimum Gasteiger partial charge on any atom is -0.484 e. The number of benzene rings is 3. The number of rotatable bonds is 8. The number of nitrogens with one attached hydrogen (secondary N) is 1. The molecule has 0 radical (unpaired) electrons. The van der Waals surface area contributed by atoms with Crippen LogP contribution in [0.5, 0.6) is 11.6 Å². The predicted molar refractivity (Wildman–Crippen MR) is 126 cm³/mol. The third kappa shape index (κ3) is 5.27. The molecule has 36 heavy (non-hydrogen) atoms. The molecule has 10 heteroatoms. The minimum absolute atomic E-state index is 0.0202. The summed E-state index contributed by atoms with van der Waals surface area (Å²) in [5.74, 6) is -6.39. The van der Waals surface area contributed by atoms with E-state index in [-0.39, 0.29) is 11.3 Å². The average Bonchev–Trinajstić information content (AvgIpc) is 3.19. The molecular weight excluding hydrogens is 478 g/mol. The summed E-state index contributed by atoms with van der Waals surface area (Å²) in [7, 11) is 1.46. The van der Waals surface area contributed by atoms with Gasteiger partial charge in [-0.05, 0) is 49.4 Å². The molecule has 0 saturated heterocycles. The van der Waals surface area contributed by atoms with Crippen LogP contribution < -0.4 is 14.8 Å². The zero-order valence-electron chi connectivity index (χ0n) is 19.6. The van der Waals surface area contributed by atoms with E-state index in [4.69, 9.17) is 9.47 Å². The molecule has 0 fully saturated rings. The van der Waals surface area contributed by atoms with Gasteiger partial charge in [-0.15, -0.1) is 5.10 Å². The summed E-state index contributed by atoms with van der Waals surface area (Å²) in [4.78, 5) is 11.9. The number of para-hydroxylation sites is 1. The van der Waals surface area contributed by atoms with Gasteiger partial charge in [0.1, 0.15) is 23.5 Å². The van der Waals surface area contributed by atoms with Gasteiger partial charge in [0.25, 0.3) is 5.91 Å². The van der Waals surface area contributed by atoms with Gasteiger partial charge in [0.05, 0.1) is 29.7 Å².